The highest BCUT2D eigenvalue weighted by Gasteiger charge is 2.01. The van der Waals surface area contributed by atoms with E-state index in [-0.39, 0.29) is 11.7 Å². The average molecular weight is 360 g/mol. The fraction of sp³-hybridized carbons (Fsp3) is 0.905. The van der Waals surface area contributed by atoms with Crippen LogP contribution in [0.3, 0.4) is 0 Å². The number of carbonyl (C=O) groups excluding carboxylic acids is 2. The lowest BCUT2D eigenvalue weighted by atomic mass is 10.1. The van der Waals surface area contributed by atoms with Gasteiger partial charge in [0, 0.05) is 32.6 Å². The molecule has 4 heteroatoms. The van der Waals surface area contributed by atoms with Gasteiger partial charge in [0.1, 0.15) is 5.78 Å². The van der Waals surface area contributed by atoms with E-state index in [4.69, 9.17) is 4.74 Å². The number of ether oxygens (including phenoxy) is 1. The van der Waals surface area contributed by atoms with Gasteiger partial charge in [-0.15, -0.1) is 0 Å². The summed E-state index contributed by atoms with van der Waals surface area (Å²) >= 11 is 0. The SMILES string of the molecule is CC.CC.CC(=O)CCCCCCCNC(=O)CCCOCC(C)C. The molecular formula is C21H45NO3. The summed E-state index contributed by atoms with van der Waals surface area (Å²) < 4.78 is 5.44. The van der Waals surface area contributed by atoms with Crippen molar-refractivity contribution in [2.24, 2.45) is 5.92 Å². The normalized spacial score (nSPS) is 9.60. The van der Waals surface area contributed by atoms with Crippen LogP contribution in [0, 0.1) is 5.92 Å². The van der Waals surface area contributed by atoms with Crippen molar-refractivity contribution in [2.75, 3.05) is 19.8 Å². The maximum Gasteiger partial charge on any atom is 0.220 e. The predicted molar refractivity (Wildman–Crippen MR) is 109 cm³/mol. The van der Waals surface area contributed by atoms with Crippen molar-refractivity contribution in [3.63, 3.8) is 0 Å². The monoisotopic (exact) mass is 359 g/mol. The molecule has 152 valence electrons. The highest BCUT2D eigenvalue weighted by molar-refractivity contribution is 5.75. The van der Waals surface area contributed by atoms with Gasteiger partial charge in [0.15, 0.2) is 0 Å². The molecule has 0 aromatic rings. The van der Waals surface area contributed by atoms with Crippen LogP contribution < -0.4 is 5.32 Å². The van der Waals surface area contributed by atoms with Gasteiger partial charge in [-0.2, -0.15) is 0 Å². The zero-order chi connectivity index (χ0) is 19.9. The first-order chi connectivity index (χ1) is 12.0. The van der Waals surface area contributed by atoms with Crippen LogP contribution in [-0.4, -0.2) is 31.4 Å². The second-order valence-electron chi connectivity index (χ2n) is 6.14. The zero-order valence-electron chi connectivity index (χ0n) is 18.1. The fourth-order valence-corrected chi connectivity index (χ4v) is 2.00. The molecule has 0 rings (SSSR count). The first-order valence-electron chi connectivity index (χ1n) is 10.4. The minimum atomic E-state index is 0.125. The smallest absolute Gasteiger partial charge is 0.220 e. The van der Waals surface area contributed by atoms with E-state index in [1.165, 1.54) is 0 Å². The molecule has 0 aliphatic rings. The van der Waals surface area contributed by atoms with Crippen LogP contribution >= 0.6 is 0 Å². The highest BCUT2D eigenvalue weighted by Crippen LogP contribution is 2.05. The van der Waals surface area contributed by atoms with Crippen LogP contribution in [0.15, 0.2) is 0 Å². The van der Waals surface area contributed by atoms with E-state index in [2.05, 4.69) is 19.2 Å². The van der Waals surface area contributed by atoms with E-state index >= 15 is 0 Å². The second kappa shape index (κ2) is 25.3. The van der Waals surface area contributed by atoms with Gasteiger partial charge in [0.2, 0.25) is 5.91 Å². The molecule has 1 N–H and O–H groups in total. The predicted octanol–water partition coefficient (Wildman–Crippen LogP) is 5.54. The lowest BCUT2D eigenvalue weighted by Gasteiger charge is -2.07. The first-order valence-corrected chi connectivity index (χ1v) is 10.4. The van der Waals surface area contributed by atoms with Gasteiger partial charge in [-0.25, -0.2) is 0 Å². The zero-order valence-corrected chi connectivity index (χ0v) is 18.1. The van der Waals surface area contributed by atoms with Crippen molar-refractivity contribution in [3.05, 3.63) is 0 Å². The molecule has 0 saturated carbocycles. The van der Waals surface area contributed by atoms with Gasteiger partial charge in [-0.05, 0) is 32.1 Å². The molecule has 0 aromatic carbocycles. The Kier molecular flexibility index (Phi) is 29.3. The number of hydrogen-bond donors (Lipinski definition) is 1. The summed E-state index contributed by atoms with van der Waals surface area (Å²) in [5.41, 5.74) is 0. The Bertz CT molecular complexity index is 278. The Morgan fingerprint density at radius 3 is 1.96 bits per heavy atom. The number of unbranched alkanes of at least 4 members (excludes halogenated alkanes) is 4. The molecule has 0 spiro atoms. The summed E-state index contributed by atoms with van der Waals surface area (Å²) in [4.78, 5) is 22.3. The molecule has 0 aliphatic carbocycles. The fourth-order valence-electron chi connectivity index (χ4n) is 2.00. The second-order valence-corrected chi connectivity index (χ2v) is 6.14. The Morgan fingerprint density at radius 1 is 0.840 bits per heavy atom. The highest BCUT2D eigenvalue weighted by atomic mass is 16.5. The van der Waals surface area contributed by atoms with E-state index in [1.807, 2.05) is 27.7 Å². The molecule has 0 heterocycles. The van der Waals surface area contributed by atoms with Crippen LogP contribution in [-0.2, 0) is 14.3 Å². The molecule has 0 atom stereocenters. The van der Waals surface area contributed by atoms with Crippen molar-refractivity contribution in [3.8, 4) is 0 Å². The Balaban J connectivity index is -0.00000112. The van der Waals surface area contributed by atoms with Gasteiger partial charge in [-0.1, -0.05) is 60.8 Å². The topological polar surface area (TPSA) is 55.4 Å². The largest absolute Gasteiger partial charge is 0.381 e. The molecule has 0 saturated heterocycles. The van der Waals surface area contributed by atoms with Gasteiger partial charge < -0.3 is 14.8 Å². The number of carbonyl (C=O) groups is 2. The van der Waals surface area contributed by atoms with Gasteiger partial charge in [0.05, 0.1) is 0 Å². The Hall–Kier alpha value is -0.900. The van der Waals surface area contributed by atoms with Gasteiger partial charge in [-0.3, -0.25) is 4.79 Å². The van der Waals surface area contributed by atoms with Crippen LogP contribution in [0.5, 0.6) is 0 Å². The van der Waals surface area contributed by atoms with Crippen molar-refractivity contribution >= 4 is 11.7 Å². The lowest BCUT2D eigenvalue weighted by molar-refractivity contribution is -0.121. The standard InChI is InChI=1S/C17H33NO3.2C2H6/c1-15(2)14-21-13-9-11-17(20)18-12-8-6-4-5-7-10-16(3)19;2*1-2/h15H,4-14H2,1-3H3,(H,18,20);2*1-2H3. The first kappa shape index (κ1) is 28.9. The summed E-state index contributed by atoms with van der Waals surface area (Å²) in [6, 6.07) is 0. The summed E-state index contributed by atoms with van der Waals surface area (Å²) in [6.45, 7) is 16.1. The summed E-state index contributed by atoms with van der Waals surface area (Å²) in [5, 5.41) is 2.94. The van der Waals surface area contributed by atoms with Crippen LogP contribution in [0.2, 0.25) is 0 Å². The van der Waals surface area contributed by atoms with Crippen LogP contribution in [0.4, 0.5) is 0 Å². The minimum Gasteiger partial charge on any atom is -0.381 e. The molecule has 0 aromatic heterocycles. The molecule has 0 radical (unpaired) electrons. The Labute approximate surface area is 157 Å². The molecule has 1 amide bonds. The number of amides is 1. The van der Waals surface area contributed by atoms with Gasteiger partial charge >= 0.3 is 0 Å². The summed E-state index contributed by atoms with van der Waals surface area (Å²) in [7, 11) is 0. The average Bonchev–Trinajstić information content (AvgIpc) is 2.60. The van der Waals surface area contributed by atoms with E-state index in [9.17, 15) is 9.59 Å². The lowest BCUT2D eigenvalue weighted by Crippen LogP contribution is -2.24. The maximum absolute atomic E-state index is 11.5. The number of ketones is 1. The molecule has 0 bridgehead atoms. The number of hydrogen-bond acceptors (Lipinski definition) is 3. The van der Waals surface area contributed by atoms with Crippen LogP contribution in [0.1, 0.15) is 99.8 Å². The third kappa shape index (κ3) is 31.4. The minimum absolute atomic E-state index is 0.125. The molecular weight excluding hydrogens is 314 g/mol. The molecule has 4 nitrogen and oxygen atoms in total. The Morgan fingerprint density at radius 2 is 1.40 bits per heavy atom. The third-order valence-corrected chi connectivity index (χ3v) is 3.17. The number of rotatable bonds is 14. The molecule has 0 aliphatic heterocycles. The van der Waals surface area contributed by atoms with Crippen molar-refractivity contribution in [1.82, 2.24) is 5.32 Å². The van der Waals surface area contributed by atoms with Crippen molar-refractivity contribution < 1.29 is 14.3 Å². The number of nitrogens with one attached hydrogen (secondary N) is 1. The quantitative estimate of drug-likeness (QED) is 0.414. The van der Waals surface area contributed by atoms with Crippen LogP contribution in [0.25, 0.3) is 0 Å². The maximum atomic E-state index is 11.5. The van der Waals surface area contributed by atoms with E-state index in [0.29, 0.717) is 25.4 Å². The molecule has 0 fully saturated rings. The van der Waals surface area contributed by atoms with E-state index in [1.54, 1.807) is 6.92 Å². The summed E-state index contributed by atoms with van der Waals surface area (Å²) in [6.07, 6.45) is 7.45. The van der Waals surface area contributed by atoms with Gasteiger partial charge in [0.25, 0.3) is 0 Å². The summed E-state index contributed by atoms with van der Waals surface area (Å²) in [5.74, 6) is 0.952. The molecule has 25 heavy (non-hydrogen) atoms. The van der Waals surface area contributed by atoms with Crippen molar-refractivity contribution in [1.29, 1.82) is 0 Å². The van der Waals surface area contributed by atoms with E-state index < -0.39 is 0 Å². The van der Waals surface area contributed by atoms with Crippen molar-refractivity contribution in [2.45, 2.75) is 99.8 Å². The number of Topliss-reactive ketones (excluding diaryl/α,β-unsaturated/α-hetero) is 1. The third-order valence-electron chi connectivity index (χ3n) is 3.17. The van der Waals surface area contributed by atoms with E-state index in [0.717, 1.165) is 51.7 Å². The molecule has 0 unspecified atom stereocenters.